The summed E-state index contributed by atoms with van der Waals surface area (Å²) in [5, 5.41) is 12.7. The highest BCUT2D eigenvalue weighted by Gasteiger charge is 2.19. The third-order valence-corrected chi connectivity index (χ3v) is 3.43. The van der Waals surface area contributed by atoms with Crippen molar-refractivity contribution in [2.45, 2.75) is 25.7 Å². The van der Waals surface area contributed by atoms with Gasteiger partial charge in [0.15, 0.2) is 0 Å². The highest BCUT2D eigenvalue weighted by molar-refractivity contribution is 5.68. The lowest BCUT2D eigenvalue weighted by Crippen LogP contribution is -2.05. The van der Waals surface area contributed by atoms with Crippen LogP contribution in [0.15, 0.2) is 45.5 Å². The van der Waals surface area contributed by atoms with E-state index in [0.717, 1.165) is 42.5 Å². The number of nitrogens with one attached hydrogen (secondary N) is 1. The quantitative estimate of drug-likeness (QED) is 0.512. The molecule has 108 valence electrons. The van der Waals surface area contributed by atoms with E-state index in [1.54, 1.807) is 0 Å². The predicted molar refractivity (Wildman–Crippen MR) is 78.5 cm³/mol. The number of hydrogen-bond donors (Lipinski definition) is 2. The molecule has 0 amide bonds. The molecule has 0 spiro atoms. The second-order valence-corrected chi connectivity index (χ2v) is 4.81. The molecule has 0 bridgehead atoms. The molecule has 2 N–H and O–H groups in total. The first-order valence-electron chi connectivity index (χ1n) is 6.92. The van der Waals surface area contributed by atoms with E-state index in [2.05, 4.69) is 15.1 Å². The zero-order valence-corrected chi connectivity index (χ0v) is 11.5. The molecule has 21 heavy (non-hydrogen) atoms. The fourth-order valence-electron chi connectivity index (χ4n) is 2.42. The number of aromatic nitrogens is 2. The lowest BCUT2D eigenvalue weighted by atomic mass is 9.96. The summed E-state index contributed by atoms with van der Waals surface area (Å²) in [4.78, 5) is 8.68. The van der Waals surface area contributed by atoms with Crippen molar-refractivity contribution in [2.75, 3.05) is 0 Å². The molecule has 0 radical (unpaired) electrons. The van der Waals surface area contributed by atoms with Crippen molar-refractivity contribution in [3.63, 3.8) is 0 Å². The first-order valence-corrected chi connectivity index (χ1v) is 6.92. The summed E-state index contributed by atoms with van der Waals surface area (Å²) >= 11 is 0. The molecule has 1 aromatic heterocycles. The van der Waals surface area contributed by atoms with Crippen LogP contribution in [-0.2, 0) is 0 Å². The maximum atomic E-state index is 8.63. The maximum absolute atomic E-state index is 8.63. The second kappa shape index (κ2) is 6.32. The molecule has 0 saturated heterocycles. The lowest BCUT2D eigenvalue weighted by Gasteiger charge is -2.13. The summed E-state index contributed by atoms with van der Waals surface area (Å²) in [7, 11) is 0. The molecule has 0 aliphatic heterocycles. The van der Waals surface area contributed by atoms with Gasteiger partial charge in [0.25, 0.3) is 5.89 Å². The van der Waals surface area contributed by atoms with Gasteiger partial charge in [-0.1, -0.05) is 35.5 Å². The minimum atomic E-state index is 0.513. The number of hydrogen-bond acceptors (Lipinski definition) is 5. The van der Waals surface area contributed by atoms with E-state index in [-0.39, 0.29) is 0 Å². The molecule has 1 aliphatic carbocycles. The van der Waals surface area contributed by atoms with Crippen LogP contribution < -0.4 is 5.48 Å². The summed E-state index contributed by atoms with van der Waals surface area (Å²) in [6.07, 6.45) is 5.10. The van der Waals surface area contributed by atoms with E-state index in [1.807, 2.05) is 35.8 Å². The van der Waals surface area contributed by atoms with Gasteiger partial charge in [-0.2, -0.15) is 4.98 Å². The van der Waals surface area contributed by atoms with Crippen molar-refractivity contribution in [1.29, 1.82) is 0 Å². The predicted octanol–water partition coefficient (Wildman–Crippen LogP) is 3.03. The Hall–Kier alpha value is -2.47. The number of hydroxylamine groups is 1. The summed E-state index contributed by atoms with van der Waals surface area (Å²) < 4.78 is 5.39. The van der Waals surface area contributed by atoms with E-state index in [9.17, 15) is 0 Å². The van der Waals surface area contributed by atoms with Crippen LogP contribution in [0.3, 0.4) is 0 Å². The van der Waals surface area contributed by atoms with Crippen LogP contribution >= 0.6 is 0 Å². The topological polar surface area (TPSA) is 83.5 Å². The van der Waals surface area contributed by atoms with Gasteiger partial charge in [0.1, 0.15) is 6.34 Å². The third kappa shape index (κ3) is 3.00. The van der Waals surface area contributed by atoms with Gasteiger partial charge in [0, 0.05) is 11.1 Å². The molecule has 0 unspecified atom stereocenters. The Balaban J connectivity index is 1.94. The van der Waals surface area contributed by atoms with Crippen molar-refractivity contribution in [1.82, 2.24) is 15.6 Å². The van der Waals surface area contributed by atoms with Gasteiger partial charge in [-0.25, -0.2) is 4.99 Å². The Kier molecular flexibility index (Phi) is 4.07. The van der Waals surface area contributed by atoms with E-state index >= 15 is 0 Å². The van der Waals surface area contributed by atoms with Gasteiger partial charge in [-0.15, -0.1) is 0 Å². The van der Waals surface area contributed by atoms with Crippen LogP contribution in [0.5, 0.6) is 0 Å². The van der Waals surface area contributed by atoms with Gasteiger partial charge in [-0.3, -0.25) is 10.7 Å². The monoisotopic (exact) mass is 284 g/mol. The average Bonchev–Trinajstić information content (AvgIpc) is 3.04. The Labute approximate surface area is 122 Å². The maximum Gasteiger partial charge on any atom is 0.256 e. The standard InChI is InChI=1S/C15H16N4O2/c20-17-10-16-13-9-5-4-8-12(13)15-18-14(19-21-15)11-6-2-1-3-7-11/h1-3,6-7,10,20H,4-5,8-9H2,(H,16,17). The average molecular weight is 284 g/mol. The molecule has 3 rings (SSSR count). The smallest absolute Gasteiger partial charge is 0.256 e. The molecule has 2 aromatic rings. The molecule has 1 aromatic carbocycles. The molecule has 6 heteroatoms. The van der Waals surface area contributed by atoms with Gasteiger partial charge in [0.05, 0.1) is 5.70 Å². The largest absolute Gasteiger partial charge is 0.334 e. The van der Waals surface area contributed by atoms with Crippen LogP contribution in [0.1, 0.15) is 31.6 Å². The molecule has 1 aliphatic rings. The van der Waals surface area contributed by atoms with Crippen LogP contribution in [0.2, 0.25) is 0 Å². The van der Waals surface area contributed by atoms with Gasteiger partial charge < -0.3 is 4.52 Å². The normalized spacial score (nSPS) is 15.7. The van der Waals surface area contributed by atoms with Crippen LogP contribution in [0, 0.1) is 0 Å². The van der Waals surface area contributed by atoms with Crippen LogP contribution in [0.4, 0.5) is 0 Å². The zero-order chi connectivity index (χ0) is 14.5. The molecule has 0 saturated carbocycles. The number of aliphatic imine (C=N–C) groups is 1. The fourth-order valence-corrected chi connectivity index (χ4v) is 2.42. The van der Waals surface area contributed by atoms with Gasteiger partial charge in [0.2, 0.25) is 5.82 Å². The lowest BCUT2D eigenvalue weighted by molar-refractivity contribution is 0.239. The molecule has 6 nitrogen and oxygen atoms in total. The molecule has 1 heterocycles. The van der Waals surface area contributed by atoms with E-state index < -0.39 is 0 Å². The molecule has 0 fully saturated rings. The molecular formula is C15H16N4O2. The van der Waals surface area contributed by atoms with E-state index in [4.69, 9.17) is 9.73 Å². The Morgan fingerprint density at radius 3 is 2.81 bits per heavy atom. The summed E-state index contributed by atoms with van der Waals surface area (Å²) in [6.45, 7) is 0. The summed E-state index contributed by atoms with van der Waals surface area (Å²) in [6, 6.07) is 9.71. The fraction of sp³-hybridized carbons (Fsp3) is 0.267. The highest BCUT2D eigenvalue weighted by Crippen LogP contribution is 2.32. The van der Waals surface area contributed by atoms with Crippen LogP contribution in [0.25, 0.3) is 17.0 Å². The summed E-state index contributed by atoms with van der Waals surface area (Å²) in [5.41, 5.74) is 4.69. The minimum Gasteiger partial charge on any atom is -0.334 e. The SMILES string of the molecule is ONC=NC1=C(c2nc(-c3ccccc3)no2)CCCC1. The Bertz CT molecular complexity index is 661. The van der Waals surface area contributed by atoms with Gasteiger partial charge in [-0.05, 0) is 25.7 Å². The van der Waals surface area contributed by atoms with E-state index in [1.165, 1.54) is 6.34 Å². The van der Waals surface area contributed by atoms with Crippen molar-refractivity contribution in [3.8, 4) is 11.4 Å². The number of nitrogens with zero attached hydrogens (tertiary/aromatic N) is 3. The van der Waals surface area contributed by atoms with Crippen LogP contribution in [-0.4, -0.2) is 21.7 Å². The van der Waals surface area contributed by atoms with Crippen molar-refractivity contribution >= 4 is 11.9 Å². The second-order valence-electron chi connectivity index (χ2n) is 4.81. The Morgan fingerprint density at radius 2 is 2.00 bits per heavy atom. The zero-order valence-electron chi connectivity index (χ0n) is 11.5. The first-order chi connectivity index (χ1) is 10.4. The number of rotatable bonds is 4. The number of allylic oxidation sites excluding steroid dienone is 2. The molecule has 0 atom stereocenters. The van der Waals surface area contributed by atoms with Crippen molar-refractivity contribution in [3.05, 3.63) is 41.9 Å². The van der Waals surface area contributed by atoms with Crippen molar-refractivity contribution < 1.29 is 9.73 Å². The molecular weight excluding hydrogens is 268 g/mol. The minimum absolute atomic E-state index is 0.513. The number of benzene rings is 1. The Morgan fingerprint density at radius 1 is 1.19 bits per heavy atom. The summed E-state index contributed by atoms with van der Waals surface area (Å²) in [5.74, 6) is 1.09. The van der Waals surface area contributed by atoms with Crippen molar-refractivity contribution in [2.24, 2.45) is 4.99 Å². The highest BCUT2D eigenvalue weighted by atomic mass is 16.5. The van der Waals surface area contributed by atoms with E-state index in [0.29, 0.717) is 11.7 Å². The van der Waals surface area contributed by atoms with Gasteiger partial charge >= 0.3 is 0 Å². The first kappa shape index (κ1) is 13.5. The third-order valence-electron chi connectivity index (χ3n) is 3.43.